The molecule has 1 heterocycles. The van der Waals surface area contributed by atoms with E-state index in [-0.39, 0.29) is 0 Å². The van der Waals surface area contributed by atoms with Crippen molar-refractivity contribution in [3.63, 3.8) is 0 Å². The molecule has 1 aromatic heterocycles. The van der Waals surface area contributed by atoms with Crippen LogP contribution in [-0.4, -0.2) is 11.1 Å². The molecule has 0 saturated carbocycles. The summed E-state index contributed by atoms with van der Waals surface area (Å²) in [6.45, 7) is 1.70. The lowest BCUT2D eigenvalue weighted by atomic mass is 10.0. The molecule has 0 unspecified atom stereocenters. The fourth-order valence-corrected chi connectivity index (χ4v) is 2.01. The number of hydrogen-bond acceptors (Lipinski definition) is 3. The maximum absolute atomic E-state index is 11.3. The molecule has 18 heavy (non-hydrogen) atoms. The van der Waals surface area contributed by atoms with E-state index in [1.165, 1.54) is 5.56 Å². The van der Waals surface area contributed by atoms with Gasteiger partial charge in [-0.2, -0.15) is 0 Å². The molecule has 94 valence electrons. The first-order valence-electron chi connectivity index (χ1n) is 5.97. The Labute approximate surface area is 106 Å². The lowest BCUT2D eigenvalue weighted by molar-refractivity contribution is 0.0998. The first-order valence-corrected chi connectivity index (χ1v) is 5.97. The standard InChI is InChI=1S/C14H16N2O2/c1-10-13(14(15)17)12(16-18-10)9-5-8-11-6-3-2-4-7-11/h2-4,6-7H,5,8-9H2,1H3,(H2,15,17). The summed E-state index contributed by atoms with van der Waals surface area (Å²) in [5.41, 5.74) is 7.68. The summed E-state index contributed by atoms with van der Waals surface area (Å²) in [4.78, 5) is 11.3. The summed E-state index contributed by atoms with van der Waals surface area (Å²) in [6, 6.07) is 10.2. The Morgan fingerprint density at radius 1 is 1.28 bits per heavy atom. The molecule has 2 aromatic rings. The number of benzene rings is 1. The van der Waals surface area contributed by atoms with E-state index in [1.807, 2.05) is 18.2 Å². The van der Waals surface area contributed by atoms with Crippen molar-refractivity contribution in [2.45, 2.75) is 26.2 Å². The summed E-state index contributed by atoms with van der Waals surface area (Å²) in [5.74, 6) is 0.0284. The second kappa shape index (κ2) is 5.49. The van der Waals surface area contributed by atoms with Crippen molar-refractivity contribution in [2.24, 2.45) is 5.73 Å². The first kappa shape index (κ1) is 12.4. The van der Waals surface area contributed by atoms with E-state index in [1.54, 1.807) is 6.92 Å². The van der Waals surface area contributed by atoms with Gasteiger partial charge in [-0.3, -0.25) is 4.79 Å². The first-order chi connectivity index (χ1) is 8.68. The van der Waals surface area contributed by atoms with Crippen LogP contribution in [0.5, 0.6) is 0 Å². The van der Waals surface area contributed by atoms with Gasteiger partial charge in [0.2, 0.25) is 0 Å². The summed E-state index contributed by atoms with van der Waals surface area (Å²) in [5, 5.41) is 3.89. The monoisotopic (exact) mass is 244 g/mol. The zero-order chi connectivity index (χ0) is 13.0. The van der Waals surface area contributed by atoms with Gasteiger partial charge < -0.3 is 10.3 Å². The molecule has 0 spiro atoms. The van der Waals surface area contributed by atoms with Crippen LogP contribution in [0.25, 0.3) is 0 Å². The number of nitrogens with zero attached hydrogens (tertiary/aromatic N) is 1. The third kappa shape index (κ3) is 2.77. The third-order valence-corrected chi connectivity index (χ3v) is 2.90. The van der Waals surface area contributed by atoms with Crippen LogP contribution in [0.1, 0.15) is 33.8 Å². The molecule has 0 aliphatic carbocycles. The predicted octanol–water partition coefficient (Wildman–Crippen LogP) is 2.26. The van der Waals surface area contributed by atoms with Gasteiger partial charge in [0.25, 0.3) is 5.91 Å². The number of rotatable bonds is 5. The van der Waals surface area contributed by atoms with Crippen molar-refractivity contribution in [3.8, 4) is 0 Å². The van der Waals surface area contributed by atoms with E-state index >= 15 is 0 Å². The number of carbonyl (C=O) groups excluding carboxylic acids is 1. The number of hydrogen-bond donors (Lipinski definition) is 1. The van der Waals surface area contributed by atoms with Gasteiger partial charge in [0.15, 0.2) is 0 Å². The Morgan fingerprint density at radius 2 is 2.00 bits per heavy atom. The van der Waals surface area contributed by atoms with Crippen LogP contribution in [0.4, 0.5) is 0 Å². The summed E-state index contributed by atoms with van der Waals surface area (Å²) in [7, 11) is 0. The van der Waals surface area contributed by atoms with Crippen LogP contribution >= 0.6 is 0 Å². The summed E-state index contributed by atoms with van der Waals surface area (Å²) >= 11 is 0. The Kier molecular flexibility index (Phi) is 3.77. The smallest absolute Gasteiger partial charge is 0.254 e. The van der Waals surface area contributed by atoms with E-state index in [9.17, 15) is 4.79 Å². The molecule has 0 aliphatic heterocycles. The largest absolute Gasteiger partial charge is 0.365 e. The maximum Gasteiger partial charge on any atom is 0.254 e. The van der Waals surface area contributed by atoms with E-state index in [0.717, 1.165) is 12.8 Å². The van der Waals surface area contributed by atoms with Crippen LogP contribution in [0.15, 0.2) is 34.9 Å². The highest BCUT2D eigenvalue weighted by atomic mass is 16.5. The second-order valence-electron chi connectivity index (χ2n) is 4.26. The molecule has 0 fully saturated rings. The summed E-state index contributed by atoms with van der Waals surface area (Å²) in [6.07, 6.45) is 2.56. The number of aryl methyl sites for hydroxylation is 3. The lowest BCUT2D eigenvalue weighted by Crippen LogP contribution is -2.14. The number of primary amides is 1. The predicted molar refractivity (Wildman–Crippen MR) is 68.2 cm³/mol. The minimum Gasteiger partial charge on any atom is -0.365 e. The molecular formula is C14H16N2O2. The van der Waals surface area contributed by atoms with Gasteiger partial charge in [-0.25, -0.2) is 0 Å². The molecule has 0 saturated heterocycles. The number of aromatic nitrogens is 1. The number of nitrogens with two attached hydrogens (primary N) is 1. The highest BCUT2D eigenvalue weighted by Crippen LogP contribution is 2.15. The quantitative estimate of drug-likeness (QED) is 0.877. The highest BCUT2D eigenvalue weighted by Gasteiger charge is 2.17. The van der Waals surface area contributed by atoms with Gasteiger partial charge in [-0.15, -0.1) is 0 Å². The van der Waals surface area contributed by atoms with E-state index in [2.05, 4.69) is 17.3 Å². The SMILES string of the molecule is Cc1onc(CCCc2ccccc2)c1C(N)=O. The lowest BCUT2D eigenvalue weighted by Gasteiger charge is -2.00. The molecule has 2 N–H and O–H groups in total. The van der Waals surface area contributed by atoms with Gasteiger partial charge in [0.1, 0.15) is 11.3 Å². The van der Waals surface area contributed by atoms with Gasteiger partial charge in [0.05, 0.1) is 5.69 Å². The van der Waals surface area contributed by atoms with Gasteiger partial charge in [-0.05, 0) is 31.7 Å². The minimum absolute atomic E-state index is 0.433. The van der Waals surface area contributed by atoms with Gasteiger partial charge >= 0.3 is 0 Å². The zero-order valence-corrected chi connectivity index (χ0v) is 10.3. The fourth-order valence-electron chi connectivity index (χ4n) is 2.01. The van der Waals surface area contributed by atoms with Crippen LogP contribution in [0.3, 0.4) is 0 Å². The molecule has 4 nitrogen and oxygen atoms in total. The van der Waals surface area contributed by atoms with Crippen LogP contribution < -0.4 is 5.73 Å². The molecule has 4 heteroatoms. The molecule has 1 aromatic carbocycles. The van der Waals surface area contributed by atoms with Gasteiger partial charge in [-0.1, -0.05) is 35.5 Å². The van der Waals surface area contributed by atoms with Gasteiger partial charge in [0, 0.05) is 0 Å². The number of amides is 1. The number of carbonyl (C=O) groups is 1. The van der Waals surface area contributed by atoms with Crippen LogP contribution in [0.2, 0.25) is 0 Å². The average Bonchev–Trinajstić information content (AvgIpc) is 2.72. The molecular weight excluding hydrogens is 228 g/mol. The van der Waals surface area contributed by atoms with Crippen molar-refractivity contribution >= 4 is 5.91 Å². The average molecular weight is 244 g/mol. The van der Waals surface area contributed by atoms with Crippen molar-refractivity contribution in [1.29, 1.82) is 0 Å². The Morgan fingerprint density at radius 3 is 2.67 bits per heavy atom. The fraction of sp³-hybridized carbons (Fsp3) is 0.286. The molecule has 0 radical (unpaired) electrons. The van der Waals surface area contributed by atoms with E-state index in [0.29, 0.717) is 23.4 Å². The second-order valence-corrected chi connectivity index (χ2v) is 4.26. The van der Waals surface area contributed by atoms with E-state index < -0.39 is 5.91 Å². The Balaban J connectivity index is 1.97. The molecule has 0 atom stereocenters. The molecule has 2 rings (SSSR count). The van der Waals surface area contributed by atoms with Crippen LogP contribution in [-0.2, 0) is 12.8 Å². The Hall–Kier alpha value is -2.10. The van der Waals surface area contributed by atoms with Crippen LogP contribution in [0, 0.1) is 6.92 Å². The topological polar surface area (TPSA) is 69.1 Å². The normalized spacial score (nSPS) is 10.5. The maximum atomic E-state index is 11.3. The molecule has 0 bridgehead atoms. The minimum atomic E-state index is -0.469. The van der Waals surface area contributed by atoms with Crippen molar-refractivity contribution in [3.05, 3.63) is 52.9 Å². The van der Waals surface area contributed by atoms with E-state index in [4.69, 9.17) is 10.3 Å². The summed E-state index contributed by atoms with van der Waals surface area (Å²) < 4.78 is 5.01. The zero-order valence-electron chi connectivity index (χ0n) is 10.3. The highest BCUT2D eigenvalue weighted by molar-refractivity contribution is 5.94. The van der Waals surface area contributed by atoms with Crippen molar-refractivity contribution in [1.82, 2.24) is 5.16 Å². The third-order valence-electron chi connectivity index (χ3n) is 2.90. The van der Waals surface area contributed by atoms with Crippen molar-refractivity contribution < 1.29 is 9.32 Å². The Bertz CT molecular complexity index is 532. The molecule has 1 amide bonds. The molecule has 0 aliphatic rings. The van der Waals surface area contributed by atoms with Crippen molar-refractivity contribution in [2.75, 3.05) is 0 Å².